The van der Waals surface area contributed by atoms with Crippen LogP contribution in [0.15, 0.2) is 54.9 Å². The van der Waals surface area contributed by atoms with Gasteiger partial charge < -0.3 is 4.90 Å². The number of hydrogen-bond acceptors (Lipinski definition) is 8. The van der Waals surface area contributed by atoms with Crippen LogP contribution in [0.5, 0.6) is 0 Å². The van der Waals surface area contributed by atoms with E-state index in [4.69, 9.17) is 16.9 Å². The molecule has 0 radical (unpaired) electrons. The van der Waals surface area contributed by atoms with Gasteiger partial charge in [-0.25, -0.2) is 9.97 Å². The van der Waals surface area contributed by atoms with Crippen LogP contribution in [-0.4, -0.2) is 58.5 Å². The van der Waals surface area contributed by atoms with Crippen LogP contribution in [0.1, 0.15) is 35.6 Å². The molecule has 0 atom stereocenters. The number of carbonyl (C=O) groups excluding carboxylic acids is 1. The number of pyridine rings is 1. The lowest BCUT2D eigenvalue weighted by molar-refractivity contribution is 0.0947. The zero-order valence-corrected chi connectivity index (χ0v) is 21.2. The fourth-order valence-corrected chi connectivity index (χ4v) is 4.23. The van der Waals surface area contributed by atoms with E-state index in [1.54, 1.807) is 5.01 Å². The summed E-state index contributed by atoms with van der Waals surface area (Å²) in [7, 11) is 0. The number of nitriles is 1. The SMILES string of the molecule is CC(C)CN(NC(=O)c1ccc(CN2CCN(c3ccccn3)CC2)cc1)c1nc(C#N)ncc1Cl. The lowest BCUT2D eigenvalue weighted by Gasteiger charge is -2.35. The Kier molecular flexibility index (Phi) is 8.31. The number of hydrazine groups is 1. The highest BCUT2D eigenvalue weighted by Gasteiger charge is 2.20. The molecule has 0 aliphatic carbocycles. The fraction of sp³-hybridized carbons (Fsp3) is 0.346. The summed E-state index contributed by atoms with van der Waals surface area (Å²) in [5.41, 5.74) is 4.56. The Hall–Kier alpha value is -3.74. The summed E-state index contributed by atoms with van der Waals surface area (Å²) >= 11 is 6.28. The van der Waals surface area contributed by atoms with Gasteiger partial charge in [0.1, 0.15) is 16.9 Å². The number of amides is 1. The van der Waals surface area contributed by atoms with Gasteiger partial charge in [0, 0.05) is 51.0 Å². The van der Waals surface area contributed by atoms with Crippen molar-refractivity contribution in [3.05, 3.63) is 76.8 Å². The number of piperazine rings is 1. The van der Waals surface area contributed by atoms with E-state index in [-0.39, 0.29) is 22.7 Å². The van der Waals surface area contributed by atoms with E-state index in [1.807, 2.05) is 68.6 Å². The zero-order chi connectivity index (χ0) is 25.5. The van der Waals surface area contributed by atoms with Crippen molar-refractivity contribution in [1.82, 2.24) is 25.3 Å². The van der Waals surface area contributed by atoms with E-state index >= 15 is 0 Å². The van der Waals surface area contributed by atoms with E-state index in [9.17, 15) is 4.79 Å². The number of aromatic nitrogens is 3. The predicted octanol–water partition coefficient (Wildman–Crippen LogP) is 3.53. The Labute approximate surface area is 216 Å². The van der Waals surface area contributed by atoms with Gasteiger partial charge in [0.25, 0.3) is 5.91 Å². The van der Waals surface area contributed by atoms with E-state index in [1.165, 1.54) is 6.20 Å². The van der Waals surface area contributed by atoms with Crippen LogP contribution in [0.4, 0.5) is 11.6 Å². The van der Waals surface area contributed by atoms with E-state index in [0.29, 0.717) is 17.9 Å². The number of nitrogens with zero attached hydrogens (tertiary/aromatic N) is 7. The maximum atomic E-state index is 13.0. The van der Waals surface area contributed by atoms with Gasteiger partial charge in [0.05, 0.1) is 6.20 Å². The van der Waals surface area contributed by atoms with Crippen molar-refractivity contribution >= 4 is 29.1 Å². The first-order chi connectivity index (χ1) is 17.4. The molecule has 3 heterocycles. The molecule has 4 rings (SSSR count). The van der Waals surface area contributed by atoms with Gasteiger partial charge in [-0.1, -0.05) is 43.6 Å². The van der Waals surface area contributed by atoms with Crippen LogP contribution in [0, 0.1) is 17.2 Å². The molecule has 3 aromatic rings. The molecule has 0 unspecified atom stereocenters. The molecule has 1 aliphatic heterocycles. The minimum atomic E-state index is -0.278. The molecule has 2 aromatic heterocycles. The third kappa shape index (κ3) is 6.47. The minimum Gasteiger partial charge on any atom is -0.354 e. The van der Waals surface area contributed by atoms with Gasteiger partial charge in [-0.15, -0.1) is 0 Å². The first-order valence-electron chi connectivity index (χ1n) is 11.9. The van der Waals surface area contributed by atoms with Gasteiger partial charge in [-0.3, -0.25) is 20.1 Å². The van der Waals surface area contributed by atoms with Crippen LogP contribution in [-0.2, 0) is 6.54 Å². The number of rotatable bonds is 8. The number of nitrogens with one attached hydrogen (secondary N) is 1. The molecule has 1 amide bonds. The lowest BCUT2D eigenvalue weighted by atomic mass is 10.1. The minimum absolute atomic E-state index is 0.0115. The largest absolute Gasteiger partial charge is 0.354 e. The Morgan fingerprint density at radius 3 is 2.53 bits per heavy atom. The van der Waals surface area contributed by atoms with Crippen LogP contribution >= 0.6 is 11.6 Å². The van der Waals surface area contributed by atoms with Crippen molar-refractivity contribution in [2.45, 2.75) is 20.4 Å². The first kappa shape index (κ1) is 25.4. The summed E-state index contributed by atoms with van der Waals surface area (Å²) in [4.78, 5) is 30.2. The highest BCUT2D eigenvalue weighted by molar-refractivity contribution is 6.32. The fourth-order valence-electron chi connectivity index (χ4n) is 4.03. The Morgan fingerprint density at radius 1 is 1.14 bits per heavy atom. The van der Waals surface area contributed by atoms with Crippen molar-refractivity contribution in [2.75, 3.05) is 42.6 Å². The second-order valence-electron chi connectivity index (χ2n) is 9.07. The quantitative estimate of drug-likeness (QED) is 0.465. The Bertz CT molecular complexity index is 1200. The average molecular weight is 505 g/mol. The zero-order valence-electron chi connectivity index (χ0n) is 20.4. The van der Waals surface area contributed by atoms with Gasteiger partial charge in [-0.05, 0) is 35.7 Å². The van der Waals surface area contributed by atoms with Crippen LogP contribution in [0.25, 0.3) is 0 Å². The van der Waals surface area contributed by atoms with Crippen LogP contribution in [0.2, 0.25) is 5.02 Å². The standard InChI is InChI=1S/C26H29ClN8O/c1-19(2)17-35(25-22(27)16-30-23(15-28)31-25)32-26(36)21-8-6-20(7-9-21)18-33-11-13-34(14-12-33)24-5-3-4-10-29-24/h3-10,16,19H,11-14,17-18H2,1-2H3,(H,32,36). The maximum Gasteiger partial charge on any atom is 0.269 e. The van der Waals surface area contributed by atoms with Crippen LogP contribution in [0.3, 0.4) is 0 Å². The number of benzene rings is 1. The molecule has 0 spiro atoms. The molecular formula is C26H29ClN8O. The molecule has 36 heavy (non-hydrogen) atoms. The Balaban J connectivity index is 1.37. The Morgan fingerprint density at radius 2 is 1.89 bits per heavy atom. The van der Waals surface area contributed by atoms with Gasteiger partial charge in [0.15, 0.2) is 5.82 Å². The molecule has 1 fully saturated rings. The number of anilines is 2. The number of carbonyl (C=O) groups is 1. The highest BCUT2D eigenvalue weighted by Crippen LogP contribution is 2.22. The molecule has 0 bridgehead atoms. The third-order valence-electron chi connectivity index (χ3n) is 5.83. The highest BCUT2D eigenvalue weighted by atomic mass is 35.5. The summed E-state index contributed by atoms with van der Waals surface area (Å²) in [6.45, 7) is 9.10. The lowest BCUT2D eigenvalue weighted by Crippen LogP contribution is -2.46. The van der Waals surface area contributed by atoms with Gasteiger partial charge in [-0.2, -0.15) is 10.2 Å². The molecule has 10 heteroatoms. The molecule has 1 N–H and O–H groups in total. The number of halogens is 1. The topological polar surface area (TPSA) is 101 Å². The molecule has 9 nitrogen and oxygen atoms in total. The van der Waals surface area contributed by atoms with Crippen molar-refractivity contribution in [2.24, 2.45) is 5.92 Å². The molecule has 0 saturated carbocycles. The number of hydrogen-bond donors (Lipinski definition) is 1. The van der Waals surface area contributed by atoms with Gasteiger partial charge in [0.2, 0.25) is 5.82 Å². The van der Waals surface area contributed by atoms with E-state index in [0.717, 1.165) is 44.1 Å². The molecule has 186 valence electrons. The monoisotopic (exact) mass is 504 g/mol. The molecule has 1 saturated heterocycles. The molecular weight excluding hydrogens is 476 g/mol. The van der Waals surface area contributed by atoms with E-state index in [2.05, 4.69) is 30.2 Å². The first-order valence-corrected chi connectivity index (χ1v) is 12.3. The normalized spacial score (nSPS) is 13.9. The summed E-state index contributed by atoms with van der Waals surface area (Å²) in [5, 5.41) is 11.0. The van der Waals surface area contributed by atoms with E-state index < -0.39 is 0 Å². The summed E-state index contributed by atoms with van der Waals surface area (Å²) < 4.78 is 0. The van der Waals surface area contributed by atoms with Crippen molar-refractivity contribution in [3.63, 3.8) is 0 Å². The summed E-state index contributed by atoms with van der Waals surface area (Å²) in [6, 6.07) is 15.5. The second-order valence-corrected chi connectivity index (χ2v) is 9.48. The summed E-state index contributed by atoms with van der Waals surface area (Å²) in [6.07, 6.45) is 3.19. The maximum absolute atomic E-state index is 13.0. The van der Waals surface area contributed by atoms with Gasteiger partial charge >= 0.3 is 0 Å². The van der Waals surface area contributed by atoms with Crippen molar-refractivity contribution < 1.29 is 4.79 Å². The second kappa shape index (κ2) is 11.8. The predicted molar refractivity (Wildman–Crippen MR) is 140 cm³/mol. The van der Waals surface area contributed by atoms with Crippen LogP contribution < -0.4 is 15.3 Å². The smallest absolute Gasteiger partial charge is 0.269 e. The van der Waals surface area contributed by atoms with Crippen molar-refractivity contribution in [1.29, 1.82) is 5.26 Å². The molecule has 1 aliphatic rings. The average Bonchev–Trinajstić information content (AvgIpc) is 2.90. The molecule has 1 aromatic carbocycles. The third-order valence-corrected chi connectivity index (χ3v) is 6.10. The summed E-state index contributed by atoms with van der Waals surface area (Å²) in [5.74, 6) is 1.24. The van der Waals surface area contributed by atoms with Crippen molar-refractivity contribution in [3.8, 4) is 6.07 Å².